The van der Waals surface area contributed by atoms with Gasteiger partial charge in [0.1, 0.15) is 12.1 Å². The first-order valence-electron chi connectivity index (χ1n) is 4.75. The van der Waals surface area contributed by atoms with E-state index in [-0.39, 0.29) is 6.54 Å². The summed E-state index contributed by atoms with van der Waals surface area (Å²) >= 11 is 0. The second-order valence-corrected chi connectivity index (χ2v) is 3.20. The van der Waals surface area contributed by atoms with Gasteiger partial charge in [-0.15, -0.1) is 0 Å². The highest BCUT2D eigenvalue weighted by molar-refractivity contribution is 5.99. The van der Waals surface area contributed by atoms with Gasteiger partial charge in [0.05, 0.1) is 12.0 Å². The Kier molecular flexibility index (Phi) is 2.91. The van der Waals surface area contributed by atoms with Crippen LogP contribution in [0.1, 0.15) is 0 Å². The Morgan fingerprint density at radius 2 is 2.24 bits per heavy atom. The summed E-state index contributed by atoms with van der Waals surface area (Å²) in [4.78, 5) is 25.6. The third-order valence-corrected chi connectivity index (χ3v) is 2.02. The number of furan rings is 1. The summed E-state index contributed by atoms with van der Waals surface area (Å²) in [6.45, 7) is -0.320. The molecule has 0 aliphatic heterocycles. The number of pyridine rings is 1. The van der Waals surface area contributed by atoms with Crippen molar-refractivity contribution >= 4 is 28.8 Å². The Bertz CT molecular complexity index is 563. The molecule has 3 N–H and O–H groups in total. The summed E-state index contributed by atoms with van der Waals surface area (Å²) in [5, 5.41) is 12.8. The molecule has 2 heterocycles. The van der Waals surface area contributed by atoms with Crippen molar-refractivity contribution in [2.24, 2.45) is 0 Å². The van der Waals surface area contributed by atoms with Crippen molar-refractivity contribution in [1.82, 2.24) is 10.3 Å². The van der Waals surface area contributed by atoms with E-state index < -0.39 is 12.0 Å². The zero-order valence-electron chi connectivity index (χ0n) is 8.64. The monoisotopic (exact) mass is 235 g/mol. The average Bonchev–Trinajstić information content (AvgIpc) is 2.75. The largest absolute Gasteiger partial charge is 0.465 e. The van der Waals surface area contributed by atoms with Crippen molar-refractivity contribution in [1.29, 1.82) is 0 Å². The molecule has 0 aliphatic carbocycles. The molecule has 0 aromatic carbocycles. The maximum Gasteiger partial charge on any atom is 0.405 e. The number of rotatable bonds is 3. The molecule has 2 aromatic heterocycles. The van der Waals surface area contributed by atoms with E-state index in [1.807, 2.05) is 5.32 Å². The van der Waals surface area contributed by atoms with Crippen LogP contribution in [-0.2, 0) is 4.79 Å². The van der Waals surface area contributed by atoms with E-state index in [9.17, 15) is 9.59 Å². The number of hydrogen-bond acceptors (Lipinski definition) is 4. The first-order valence-corrected chi connectivity index (χ1v) is 4.75. The number of aromatic nitrogens is 1. The molecule has 7 nitrogen and oxygen atoms in total. The van der Waals surface area contributed by atoms with Crippen molar-refractivity contribution in [3.8, 4) is 0 Å². The predicted octanol–water partition coefficient (Wildman–Crippen LogP) is 1.03. The number of carboxylic acid groups (broad SMARTS) is 1. The van der Waals surface area contributed by atoms with Gasteiger partial charge in [0.15, 0.2) is 5.58 Å². The summed E-state index contributed by atoms with van der Waals surface area (Å²) < 4.78 is 5.16. The Morgan fingerprint density at radius 3 is 3.00 bits per heavy atom. The number of amides is 2. The molecule has 0 spiro atoms. The normalized spacial score (nSPS) is 10.1. The molecule has 0 saturated carbocycles. The van der Waals surface area contributed by atoms with Gasteiger partial charge >= 0.3 is 6.09 Å². The fraction of sp³-hybridized carbons (Fsp3) is 0.100. The Hall–Kier alpha value is -2.57. The quantitative estimate of drug-likeness (QED) is 0.737. The summed E-state index contributed by atoms with van der Waals surface area (Å²) in [6, 6.07) is 3.24. The van der Waals surface area contributed by atoms with E-state index in [0.29, 0.717) is 16.8 Å². The lowest BCUT2D eigenvalue weighted by Gasteiger charge is -2.04. The summed E-state index contributed by atoms with van der Waals surface area (Å²) in [6.07, 6.45) is 1.74. The maximum atomic E-state index is 11.4. The van der Waals surface area contributed by atoms with E-state index in [1.165, 1.54) is 12.5 Å². The maximum absolute atomic E-state index is 11.4. The number of nitrogens with zero attached hydrogens (tertiary/aromatic N) is 1. The summed E-state index contributed by atoms with van der Waals surface area (Å²) in [5.74, 6) is -0.476. The van der Waals surface area contributed by atoms with Crippen LogP contribution in [0.2, 0.25) is 0 Å². The van der Waals surface area contributed by atoms with Crippen LogP contribution in [-0.4, -0.2) is 28.6 Å². The van der Waals surface area contributed by atoms with Gasteiger partial charge in [-0.2, -0.15) is 0 Å². The fourth-order valence-electron chi connectivity index (χ4n) is 1.32. The van der Waals surface area contributed by atoms with E-state index in [0.717, 1.165) is 0 Å². The lowest BCUT2D eigenvalue weighted by Crippen LogP contribution is -2.31. The second kappa shape index (κ2) is 4.52. The summed E-state index contributed by atoms with van der Waals surface area (Å²) in [5.41, 5.74) is 1.53. The van der Waals surface area contributed by atoms with Gasteiger partial charge in [-0.1, -0.05) is 0 Å². The molecular formula is C10H9N3O4. The van der Waals surface area contributed by atoms with Gasteiger partial charge in [-0.3, -0.25) is 9.78 Å². The number of hydrogen-bond donors (Lipinski definition) is 3. The van der Waals surface area contributed by atoms with Crippen molar-refractivity contribution in [3.05, 3.63) is 24.6 Å². The first kappa shape index (κ1) is 10.9. The molecule has 2 amide bonds. The minimum atomic E-state index is -1.25. The molecule has 0 radical (unpaired) electrons. The van der Waals surface area contributed by atoms with Gasteiger partial charge < -0.3 is 20.2 Å². The predicted molar refractivity (Wildman–Crippen MR) is 58.7 cm³/mol. The number of carbonyl (C=O) groups is 2. The average molecular weight is 235 g/mol. The molecule has 0 aliphatic rings. The number of fused-ring (bicyclic) bond motifs is 1. The zero-order chi connectivity index (χ0) is 12.3. The van der Waals surface area contributed by atoms with Gasteiger partial charge in [-0.25, -0.2) is 4.79 Å². The van der Waals surface area contributed by atoms with Crippen LogP contribution in [0.25, 0.3) is 11.1 Å². The van der Waals surface area contributed by atoms with Gasteiger partial charge in [0, 0.05) is 12.3 Å². The van der Waals surface area contributed by atoms with Crippen molar-refractivity contribution in [2.75, 3.05) is 11.9 Å². The topological polar surface area (TPSA) is 104 Å². The van der Waals surface area contributed by atoms with Gasteiger partial charge in [0.25, 0.3) is 0 Å². The van der Waals surface area contributed by atoms with E-state index >= 15 is 0 Å². The van der Waals surface area contributed by atoms with Crippen LogP contribution in [0.15, 0.2) is 29.0 Å². The number of carbonyl (C=O) groups excluding carboxylic acids is 1. The molecule has 0 unspecified atom stereocenters. The molecule has 0 bridgehead atoms. The highest BCUT2D eigenvalue weighted by Crippen LogP contribution is 2.21. The fourth-order valence-corrected chi connectivity index (χ4v) is 1.32. The summed E-state index contributed by atoms with van der Waals surface area (Å²) in [7, 11) is 0. The smallest absolute Gasteiger partial charge is 0.405 e. The Labute approximate surface area is 95.4 Å². The Morgan fingerprint density at radius 1 is 1.41 bits per heavy atom. The van der Waals surface area contributed by atoms with Crippen LogP contribution < -0.4 is 10.6 Å². The molecule has 0 saturated heterocycles. The van der Waals surface area contributed by atoms with Crippen LogP contribution in [0.4, 0.5) is 10.5 Å². The molecule has 7 heteroatoms. The van der Waals surface area contributed by atoms with Crippen molar-refractivity contribution < 1.29 is 19.1 Å². The molecule has 2 rings (SSSR count). The van der Waals surface area contributed by atoms with Gasteiger partial charge in [-0.05, 0) is 6.07 Å². The first-order chi connectivity index (χ1) is 8.16. The molecule has 88 valence electrons. The molecule has 0 atom stereocenters. The lowest BCUT2D eigenvalue weighted by atomic mass is 10.3. The van der Waals surface area contributed by atoms with Crippen molar-refractivity contribution in [2.45, 2.75) is 0 Å². The number of nitrogens with one attached hydrogen (secondary N) is 2. The van der Waals surface area contributed by atoms with Crippen LogP contribution in [0, 0.1) is 0 Å². The van der Waals surface area contributed by atoms with Crippen LogP contribution in [0.5, 0.6) is 0 Å². The molecule has 2 aromatic rings. The molecular weight excluding hydrogens is 226 g/mol. The van der Waals surface area contributed by atoms with E-state index in [2.05, 4.69) is 10.3 Å². The van der Waals surface area contributed by atoms with Gasteiger partial charge in [0.2, 0.25) is 5.91 Å². The Balaban J connectivity index is 2.10. The third-order valence-electron chi connectivity index (χ3n) is 2.02. The SMILES string of the molecule is O=C(O)NCC(=O)Nc1ccnc2ccoc12. The third kappa shape index (κ3) is 2.51. The molecule has 0 fully saturated rings. The van der Waals surface area contributed by atoms with E-state index in [4.69, 9.17) is 9.52 Å². The highest BCUT2D eigenvalue weighted by atomic mass is 16.4. The second-order valence-electron chi connectivity index (χ2n) is 3.20. The number of anilines is 1. The lowest BCUT2D eigenvalue weighted by molar-refractivity contribution is -0.115. The highest BCUT2D eigenvalue weighted by Gasteiger charge is 2.09. The van der Waals surface area contributed by atoms with Crippen molar-refractivity contribution in [3.63, 3.8) is 0 Å². The van der Waals surface area contributed by atoms with E-state index in [1.54, 1.807) is 12.1 Å². The standard InChI is InChI=1S/C10H9N3O4/c14-8(5-12-10(15)16)13-7-1-3-11-6-2-4-17-9(6)7/h1-4,12H,5H2,(H,15,16)(H,11,13,14). The van der Waals surface area contributed by atoms with Crippen LogP contribution in [0.3, 0.4) is 0 Å². The minimum Gasteiger partial charge on any atom is -0.465 e. The zero-order valence-corrected chi connectivity index (χ0v) is 8.64. The molecule has 17 heavy (non-hydrogen) atoms. The van der Waals surface area contributed by atoms with Crippen LogP contribution >= 0.6 is 0 Å². The minimum absolute atomic E-state index is 0.320.